The zero-order chi connectivity index (χ0) is 9.90. The predicted molar refractivity (Wildman–Crippen MR) is 57.5 cm³/mol. The minimum atomic E-state index is -0.916. The van der Waals surface area contributed by atoms with Gasteiger partial charge in [0.1, 0.15) is 0 Å². The van der Waals surface area contributed by atoms with Crippen molar-refractivity contribution in [1.82, 2.24) is 5.32 Å². The number of carboxylic acids is 1. The van der Waals surface area contributed by atoms with Gasteiger partial charge in [0.25, 0.3) is 0 Å². The van der Waals surface area contributed by atoms with E-state index in [2.05, 4.69) is 5.32 Å². The third kappa shape index (κ3) is 2.70. The molecule has 72 valence electrons. The molecule has 0 spiro atoms. The molecule has 0 aromatic carbocycles. The molecule has 0 saturated heterocycles. The number of allylic oxidation sites excluding steroid dienone is 1. The van der Waals surface area contributed by atoms with E-state index in [0.717, 1.165) is 5.70 Å². The summed E-state index contributed by atoms with van der Waals surface area (Å²) in [4.78, 5) is 10.3. The molecule has 1 heterocycles. The van der Waals surface area contributed by atoms with Crippen LogP contribution >= 0.6 is 23.5 Å². The third-order valence-electron chi connectivity index (χ3n) is 1.53. The lowest BCUT2D eigenvalue weighted by atomic mass is 10.4. The van der Waals surface area contributed by atoms with Crippen molar-refractivity contribution in [3.05, 3.63) is 23.3 Å². The first kappa shape index (κ1) is 10.5. The molecule has 5 heteroatoms. The number of carboxylic acid groups (broad SMARTS) is 1. The van der Waals surface area contributed by atoms with E-state index >= 15 is 0 Å². The molecule has 0 aromatic rings. The fourth-order valence-corrected chi connectivity index (χ4v) is 2.71. The van der Waals surface area contributed by atoms with Crippen LogP contribution in [-0.2, 0) is 4.79 Å². The lowest BCUT2D eigenvalue weighted by Crippen LogP contribution is -2.31. The molecule has 1 unspecified atom stereocenters. The molecule has 13 heavy (non-hydrogen) atoms. The normalized spacial score (nSPS) is 27.4. The van der Waals surface area contributed by atoms with Crippen molar-refractivity contribution in [2.24, 2.45) is 0 Å². The molecular weight excluding hydrogens is 206 g/mol. The Bertz CT molecular complexity index is 275. The largest absolute Gasteiger partial charge is 0.478 e. The van der Waals surface area contributed by atoms with E-state index < -0.39 is 5.97 Å². The average molecular weight is 217 g/mol. The summed E-state index contributed by atoms with van der Waals surface area (Å²) in [5, 5.41) is 13.7. The quantitative estimate of drug-likeness (QED) is 0.706. The van der Waals surface area contributed by atoms with Gasteiger partial charge in [-0.25, -0.2) is 4.79 Å². The third-order valence-corrected chi connectivity index (χ3v) is 4.22. The van der Waals surface area contributed by atoms with Crippen LogP contribution in [0.5, 0.6) is 0 Å². The van der Waals surface area contributed by atoms with Crippen LogP contribution in [0.25, 0.3) is 0 Å². The van der Waals surface area contributed by atoms with Crippen molar-refractivity contribution in [3.63, 3.8) is 0 Å². The van der Waals surface area contributed by atoms with Crippen molar-refractivity contribution in [2.75, 3.05) is 6.26 Å². The first-order chi connectivity index (χ1) is 6.08. The fourth-order valence-electron chi connectivity index (χ4n) is 0.939. The van der Waals surface area contributed by atoms with Crippen molar-refractivity contribution in [2.45, 2.75) is 11.1 Å². The van der Waals surface area contributed by atoms with Gasteiger partial charge in [-0.2, -0.15) is 0 Å². The SMILES string of the molecule is CSC1(C=CC(=O)O)NC(C)=CS1. The van der Waals surface area contributed by atoms with Crippen LogP contribution < -0.4 is 5.32 Å². The maximum atomic E-state index is 10.3. The van der Waals surface area contributed by atoms with E-state index in [1.165, 1.54) is 6.08 Å². The Balaban J connectivity index is 2.69. The highest BCUT2D eigenvalue weighted by atomic mass is 32.2. The number of nitrogens with one attached hydrogen (secondary N) is 1. The van der Waals surface area contributed by atoms with E-state index in [1.807, 2.05) is 18.6 Å². The van der Waals surface area contributed by atoms with Gasteiger partial charge < -0.3 is 10.4 Å². The van der Waals surface area contributed by atoms with Gasteiger partial charge >= 0.3 is 5.97 Å². The monoisotopic (exact) mass is 217 g/mol. The molecule has 0 aliphatic carbocycles. The van der Waals surface area contributed by atoms with Gasteiger partial charge in [-0.15, -0.1) is 11.8 Å². The molecule has 2 N–H and O–H groups in total. The summed E-state index contributed by atoms with van der Waals surface area (Å²) < 4.78 is -0.331. The molecule has 1 aliphatic rings. The Morgan fingerprint density at radius 3 is 2.92 bits per heavy atom. The van der Waals surface area contributed by atoms with Gasteiger partial charge in [-0.05, 0) is 24.7 Å². The van der Waals surface area contributed by atoms with Gasteiger partial charge in [0, 0.05) is 11.8 Å². The number of hydrogen-bond acceptors (Lipinski definition) is 4. The molecule has 3 nitrogen and oxygen atoms in total. The van der Waals surface area contributed by atoms with Crippen molar-refractivity contribution < 1.29 is 9.90 Å². The van der Waals surface area contributed by atoms with Crippen molar-refractivity contribution in [1.29, 1.82) is 0 Å². The summed E-state index contributed by atoms with van der Waals surface area (Å²) in [7, 11) is 0. The minimum absolute atomic E-state index is 0.331. The van der Waals surface area contributed by atoms with Crippen molar-refractivity contribution >= 4 is 29.5 Å². The highest BCUT2D eigenvalue weighted by Gasteiger charge is 2.30. The molecule has 1 atom stereocenters. The van der Waals surface area contributed by atoms with Crippen LogP contribution in [0.15, 0.2) is 23.3 Å². The summed E-state index contributed by atoms with van der Waals surface area (Å²) in [6.07, 6.45) is 4.78. The van der Waals surface area contributed by atoms with Crippen LogP contribution in [0.1, 0.15) is 6.92 Å². The van der Waals surface area contributed by atoms with Crippen LogP contribution in [0.4, 0.5) is 0 Å². The molecule has 1 rings (SSSR count). The standard InChI is InChI=1S/C8H11NO2S2/c1-6-5-13-8(9-6,12-2)4-3-7(10)11/h3-5,9H,1-2H3,(H,10,11). The fraction of sp³-hybridized carbons (Fsp3) is 0.375. The summed E-state index contributed by atoms with van der Waals surface area (Å²) in [6.45, 7) is 1.96. The second-order valence-corrected chi connectivity index (χ2v) is 5.01. The number of thioether (sulfide) groups is 2. The van der Waals surface area contributed by atoms with Crippen molar-refractivity contribution in [3.8, 4) is 0 Å². The number of aliphatic carboxylic acids is 1. The van der Waals surface area contributed by atoms with Gasteiger partial charge in [-0.1, -0.05) is 11.8 Å². The Hall–Kier alpha value is -0.550. The first-order valence-electron chi connectivity index (χ1n) is 3.68. The predicted octanol–water partition coefficient (Wildman–Crippen LogP) is 1.84. The smallest absolute Gasteiger partial charge is 0.328 e. The van der Waals surface area contributed by atoms with Gasteiger partial charge in [0.05, 0.1) is 0 Å². The summed E-state index contributed by atoms with van der Waals surface area (Å²) in [5.41, 5.74) is 1.06. The molecule has 1 aliphatic heterocycles. The minimum Gasteiger partial charge on any atom is -0.478 e. The van der Waals surface area contributed by atoms with E-state index in [9.17, 15) is 4.79 Å². The summed E-state index contributed by atoms with van der Waals surface area (Å²) >= 11 is 3.15. The maximum Gasteiger partial charge on any atom is 0.328 e. The zero-order valence-corrected chi connectivity index (χ0v) is 9.04. The van der Waals surface area contributed by atoms with Crippen LogP contribution in [0, 0.1) is 0 Å². The second kappa shape index (κ2) is 4.11. The number of rotatable bonds is 3. The van der Waals surface area contributed by atoms with Crippen LogP contribution in [0.3, 0.4) is 0 Å². The van der Waals surface area contributed by atoms with Gasteiger partial charge in [0.15, 0.2) is 4.20 Å². The van der Waals surface area contributed by atoms with Gasteiger partial charge in [0.2, 0.25) is 0 Å². The Morgan fingerprint density at radius 2 is 2.54 bits per heavy atom. The highest BCUT2D eigenvalue weighted by Crippen LogP contribution is 2.40. The van der Waals surface area contributed by atoms with E-state index in [0.29, 0.717) is 0 Å². The molecule has 0 bridgehead atoms. The van der Waals surface area contributed by atoms with Crippen LogP contribution in [-0.4, -0.2) is 21.5 Å². The highest BCUT2D eigenvalue weighted by molar-refractivity contribution is 8.19. The maximum absolute atomic E-state index is 10.3. The Morgan fingerprint density at radius 1 is 1.85 bits per heavy atom. The topological polar surface area (TPSA) is 49.3 Å². The van der Waals surface area contributed by atoms with E-state index in [1.54, 1.807) is 29.6 Å². The van der Waals surface area contributed by atoms with Gasteiger partial charge in [-0.3, -0.25) is 0 Å². The second-order valence-electron chi connectivity index (χ2n) is 2.59. The van der Waals surface area contributed by atoms with Crippen LogP contribution in [0.2, 0.25) is 0 Å². The number of carbonyl (C=O) groups is 1. The lowest BCUT2D eigenvalue weighted by Gasteiger charge is -2.23. The Kier molecular flexibility index (Phi) is 3.33. The summed E-state index contributed by atoms with van der Waals surface area (Å²) in [5.74, 6) is -0.916. The molecule has 0 radical (unpaired) electrons. The average Bonchev–Trinajstić information content (AvgIpc) is 2.45. The molecule has 0 fully saturated rings. The molecule has 0 aromatic heterocycles. The molecular formula is C8H11NO2S2. The summed E-state index contributed by atoms with van der Waals surface area (Å²) in [6, 6.07) is 0. The Labute approximate surface area is 85.7 Å². The lowest BCUT2D eigenvalue weighted by molar-refractivity contribution is -0.131. The zero-order valence-electron chi connectivity index (χ0n) is 7.40. The van der Waals surface area contributed by atoms with E-state index in [-0.39, 0.29) is 4.20 Å². The van der Waals surface area contributed by atoms with E-state index in [4.69, 9.17) is 5.11 Å². The number of hydrogen-bond donors (Lipinski definition) is 2. The first-order valence-corrected chi connectivity index (χ1v) is 5.78. The molecule has 0 amide bonds. The molecule has 0 saturated carbocycles.